The average molecular weight is 422 g/mol. The molecule has 0 aromatic heterocycles. The molecule has 1 aliphatic rings. The quantitative estimate of drug-likeness (QED) is 0.491. The Balaban J connectivity index is 2.17. The van der Waals surface area contributed by atoms with Gasteiger partial charge in [-0.3, -0.25) is 0 Å². The van der Waals surface area contributed by atoms with E-state index >= 15 is 0 Å². The summed E-state index contributed by atoms with van der Waals surface area (Å²) in [6, 6.07) is 4.38. The fraction of sp³-hybridized carbons (Fsp3) is 0.533. The number of carbonyl (C=O) groups excluding carboxylic acids is 1. The van der Waals surface area contributed by atoms with Crippen LogP contribution in [0.15, 0.2) is 27.6 Å². The summed E-state index contributed by atoms with van der Waals surface area (Å²) in [5, 5.41) is 0. The van der Waals surface area contributed by atoms with E-state index in [2.05, 4.69) is 15.9 Å². The first-order valence-corrected chi connectivity index (χ1v) is 9.82. The minimum absolute atomic E-state index is 0.0451. The minimum Gasteiger partial charge on any atom is -0.460 e. The molecule has 0 radical (unpaired) electrons. The number of halogens is 1. The Hall–Kier alpha value is -1.00. The summed E-state index contributed by atoms with van der Waals surface area (Å²) in [6.45, 7) is 4.10. The number of hydrogen-bond donors (Lipinski definition) is 0. The molecule has 1 aromatic rings. The molecule has 7 nitrogen and oxygen atoms in total. The predicted octanol–water partition coefficient (Wildman–Crippen LogP) is 1.66. The van der Waals surface area contributed by atoms with Crippen LogP contribution < -0.4 is 0 Å². The van der Waals surface area contributed by atoms with Crippen molar-refractivity contribution in [3.05, 3.63) is 28.2 Å². The highest BCUT2D eigenvalue weighted by Crippen LogP contribution is 2.27. The van der Waals surface area contributed by atoms with Gasteiger partial charge in [0.25, 0.3) is 0 Å². The fourth-order valence-corrected chi connectivity index (χ4v) is 4.53. The Bertz CT molecular complexity index is 673. The smallest absolute Gasteiger partial charge is 0.338 e. The maximum absolute atomic E-state index is 12.8. The van der Waals surface area contributed by atoms with Gasteiger partial charge in [-0.1, -0.05) is 0 Å². The molecule has 1 heterocycles. The van der Waals surface area contributed by atoms with Gasteiger partial charge in [0.15, 0.2) is 0 Å². The second-order valence-electron chi connectivity index (χ2n) is 4.99. The summed E-state index contributed by atoms with van der Waals surface area (Å²) >= 11 is 3.25. The first-order valence-electron chi connectivity index (χ1n) is 7.59. The second-order valence-corrected chi connectivity index (χ2v) is 7.76. The largest absolute Gasteiger partial charge is 0.460 e. The molecule has 0 atom stereocenters. The van der Waals surface area contributed by atoms with Gasteiger partial charge in [-0.25, -0.2) is 13.2 Å². The van der Waals surface area contributed by atoms with Gasteiger partial charge in [-0.15, -0.1) is 0 Å². The standard InChI is InChI=1S/C15H20BrNO6S/c1-2-21-9-10-23-15(18)12-3-4-13(16)14(11-12)24(19,20)17-5-7-22-8-6-17/h3-4,11H,2,5-10H2,1H3. The number of morpholine rings is 1. The molecule has 2 rings (SSSR count). The van der Waals surface area contributed by atoms with Crippen molar-refractivity contribution in [3.8, 4) is 0 Å². The highest BCUT2D eigenvalue weighted by molar-refractivity contribution is 9.10. The lowest BCUT2D eigenvalue weighted by Gasteiger charge is -2.26. The number of benzene rings is 1. The summed E-state index contributed by atoms with van der Waals surface area (Å²) in [7, 11) is -3.70. The zero-order valence-electron chi connectivity index (χ0n) is 13.4. The highest BCUT2D eigenvalue weighted by Gasteiger charge is 2.29. The molecule has 9 heteroatoms. The normalized spacial score (nSPS) is 16.1. The first-order chi connectivity index (χ1) is 11.5. The summed E-state index contributed by atoms with van der Waals surface area (Å²) in [4.78, 5) is 12.1. The fourth-order valence-electron chi connectivity index (χ4n) is 2.18. The molecule has 1 saturated heterocycles. The molecular formula is C15H20BrNO6S. The van der Waals surface area contributed by atoms with Crippen LogP contribution in [0.2, 0.25) is 0 Å². The van der Waals surface area contributed by atoms with Gasteiger partial charge in [0.1, 0.15) is 6.61 Å². The van der Waals surface area contributed by atoms with E-state index in [0.717, 1.165) is 0 Å². The Morgan fingerprint density at radius 1 is 1.29 bits per heavy atom. The zero-order chi connectivity index (χ0) is 17.6. The van der Waals surface area contributed by atoms with Crippen LogP contribution in [0.25, 0.3) is 0 Å². The molecule has 134 valence electrons. The predicted molar refractivity (Wildman–Crippen MR) is 90.5 cm³/mol. The third-order valence-electron chi connectivity index (χ3n) is 3.42. The van der Waals surface area contributed by atoms with Crippen molar-refractivity contribution in [2.75, 3.05) is 46.1 Å². The Kier molecular flexibility index (Phi) is 7.17. The van der Waals surface area contributed by atoms with Gasteiger partial charge in [0, 0.05) is 24.2 Å². The molecule has 0 spiro atoms. The van der Waals surface area contributed by atoms with Crippen molar-refractivity contribution in [2.45, 2.75) is 11.8 Å². The minimum atomic E-state index is -3.70. The lowest BCUT2D eigenvalue weighted by atomic mass is 10.2. The van der Waals surface area contributed by atoms with E-state index in [4.69, 9.17) is 14.2 Å². The molecule has 0 unspecified atom stereocenters. The molecule has 1 aliphatic heterocycles. The maximum atomic E-state index is 12.8. The van der Waals surface area contributed by atoms with Crippen LogP contribution in [0.5, 0.6) is 0 Å². The molecule has 1 fully saturated rings. The van der Waals surface area contributed by atoms with Crippen LogP contribution in [-0.4, -0.2) is 64.8 Å². The Labute approximate surface area is 150 Å². The number of carbonyl (C=O) groups is 1. The van der Waals surface area contributed by atoms with E-state index in [-0.39, 0.29) is 30.2 Å². The van der Waals surface area contributed by atoms with Crippen LogP contribution in [0.4, 0.5) is 0 Å². The number of esters is 1. The van der Waals surface area contributed by atoms with Gasteiger partial charge in [0.05, 0.1) is 30.3 Å². The zero-order valence-corrected chi connectivity index (χ0v) is 15.8. The van der Waals surface area contributed by atoms with Crippen LogP contribution in [0.1, 0.15) is 17.3 Å². The lowest BCUT2D eigenvalue weighted by Crippen LogP contribution is -2.40. The third-order valence-corrected chi connectivity index (χ3v) is 6.31. The lowest BCUT2D eigenvalue weighted by molar-refractivity contribution is 0.0335. The van der Waals surface area contributed by atoms with E-state index < -0.39 is 16.0 Å². The number of ether oxygens (including phenoxy) is 3. The Morgan fingerprint density at radius 3 is 2.67 bits per heavy atom. The summed E-state index contributed by atoms with van der Waals surface area (Å²) in [5.41, 5.74) is 0.182. The van der Waals surface area contributed by atoms with Gasteiger partial charge < -0.3 is 14.2 Å². The number of nitrogens with zero attached hydrogens (tertiary/aromatic N) is 1. The van der Waals surface area contributed by atoms with Gasteiger partial charge in [-0.2, -0.15) is 4.31 Å². The molecule has 0 bridgehead atoms. The monoisotopic (exact) mass is 421 g/mol. The molecule has 0 amide bonds. The topological polar surface area (TPSA) is 82.1 Å². The van der Waals surface area contributed by atoms with Gasteiger partial charge >= 0.3 is 5.97 Å². The van der Waals surface area contributed by atoms with Crippen LogP contribution >= 0.6 is 15.9 Å². The van der Waals surface area contributed by atoms with Crippen molar-refractivity contribution in [1.82, 2.24) is 4.31 Å². The van der Waals surface area contributed by atoms with Crippen molar-refractivity contribution >= 4 is 31.9 Å². The SMILES string of the molecule is CCOCCOC(=O)c1ccc(Br)c(S(=O)(=O)N2CCOCC2)c1. The van der Waals surface area contributed by atoms with E-state index in [0.29, 0.717) is 30.9 Å². The Morgan fingerprint density at radius 2 is 2.00 bits per heavy atom. The number of sulfonamides is 1. The van der Waals surface area contributed by atoms with Gasteiger partial charge in [0.2, 0.25) is 10.0 Å². The van der Waals surface area contributed by atoms with E-state index in [9.17, 15) is 13.2 Å². The molecule has 0 aliphatic carbocycles. The maximum Gasteiger partial charge on any atom is 0.338 e. The molecule has 24 heavy (non-hydrogen) atoms. The summed E-state index contributed by atoms with van der Waals surface area (Å²) in [6.07, 6.45) is 0. The molecule has 0 N–H and O–H groups in total. The van der Waals surface area contributed by atoms with Gasteiger partial charge in [-0.05, 0) is 41.1 Å². The second kappa shape index (κ2) is 8.91. The number of hydrogen-bond acceptors (Lipinski definition) is 6. The molecule has 1 aromatic carbocycles. The van der Waals surface area contributed by atoms with Crippen molar-refractivity contribution in [3.63, 3.8) is 0 Å². The molecular weight excluding hydrogens is 402 g/mol. The molecule has 0 saturated carbocycles. The first kappa shape index (κ1) is 19.3. The third kappa shape index (κ3) is 4.76. The summed E-state index contributed by atoms with van der Waals surface area (Å²) < 4.78 is 42.6. The van der Waals surface area contributed by atoms with E-state index in [1.54, 1.807) is 0 Å². The van der Waals surface area contributed by atoms with E-state index in [1.807, 2.05) is 6.92 Å². The van der Waals surface area contributed by atoms with Crippen LogP contribution in [-0.2, 0) is 24.2 Å². The summed E-state index contributed by atoms with van der Waals surface area (Å²) in [5.74, 6) is -0.583. The van der Waals surface area contributed by atoms with Crippen molar-refractivity contribution < 1.29 is 27.4 Å². The van der Waals surface area contributed by atoms with Crippen molar-refractivity contribution in [1.29, 1.82) is 0 Å². The van der Waals surface area contributed by atoms with E-state index in [1.165, 1.54) is 22.5 Å². The van der Waals surface area contributed by atoms with Crippen LogP contribution in [0.3, 0.4) is 0 Å². The highest BCUT2D eigenvalue weighted by atomic mass is 79.9. The van der Waals surface area contributed by atoms with Crippen molar-refractivity contribution in [2.24, 2.45) is 0 Å². The van der Waals surface area contributed by atoms with Crippen LogP contribution in [0, 0.1) is 0 Å². The number of rotatable bonds is 7. The average Bonchev–Trinajstić information content (AvgIpc) is 2.59.